The number of anilines is 1. The predicted molar refractivity (Wildman–Crippen MR) is 113 cm³/mol. The van der Waals surface area contributed by atoms with Gasteiger partial charge in [0, 0.05) is 11.3 Å². The van der Waals surface area contributed by atoms with Crippen LogP contribution in [0, 0.1) is 20.8 Å². The molecule has 0 spiro atoms. The van der Waals surface area contributed by atoms with Gasteiger partial charge in [-0.05, 0) is 50.3 Å². The number of carbonyl (C=O) groups excluding carboxylic acids is 1. The molecule has 0 unspecified atom stereocenters. The predicted octanol–water partition coefficient (Wildman–Crippen LogP) is 4.35. The summed E-state index contributed by atoms with van der Waals surface area (Å²) in [5, 5.41) is 7.38. The Hall–Kier alpha value is -2.43. The van der Waals surface area contributed by atoms with Crippen molar-refractivity contribution in [2.75, 3.05) is 5.32 Å². The Kier molecular flexibility index (Phi) is 6.09. The van der Waals surface area contributed by atoms with Gasteiger partial charge in [-0.1, -0.05) is 54.1 Å². The monoisotopic (exact) mass is 379 g/mol. The molecule has 1 aromatic heterocycles. The maximum absolute atomic E-state index is 12.9. The van der Waals surface area contributed by atoms with Crippen molar-refractivity contribution in [1.82, 2.24) is 0 Å². The van der Waals surface area contributed by atoms with Gasteiger partial charge in [0.05, 0.1) is 4.88 Å². The van der Waals surface area contributed by atoms with Crippen molar-refractivity contribution in [3.8, 4) is 0 Å². The Morgan fingerprint density at radius 1 is 1.00 bits per heavy atom. The van der Waals surface area contributed by atoms with Crippen LogP contribution in [-0.4, -0.2) is 11.9 Å². The first-order chi connectivity index (χ1) is 13.0. The van der Waals surface area contributed by atoms with Crippen LogP contribution in [-0.2, 0) is 4.79 Å². The zero-order valence-electron chi connectivity index (χ0n) is 16.3. The quantitative estimate of drug-likeness (QED) is 0.657. The van der Waals surface area contributed by atoms with Crippen LogP contribution in [0.2, 0.25) is 0 Å². The number of carbonyl (C=O) groups is 1. The van der Waals surface area contributed by atoms with Crippen LogP contribution >= 0.6 is 11.3 Å². The minimum Gasteiger partial charge on any atom is -0.326 e. The van der Waals surface area contributed by atoms with Gasteiger partial charge < -0.3 is 10.6 Å². The summed E-state index contributed by atoms with van der Waals surface area (Å²) < 4.78 is 0. The van der Waals surface area contributed by atoms with Gasteiger partial charge in [0.25, 0.3) is 5.91 Å². The van der Waals surface area contributed by atoms with E-state index >= 15 is 0 Å². The van der Waals surface area contributed by atoms with Gasteiger partial charge in [0.15, 0.2) is 6.04 Å². The molecule has 3 N–H and O–H groups in total. The van der Waals surface area contributed by atoms with E-state index < -0.39 is 0 Å². The van der Waals surface area contributed by atoms with Gasteiger partial charge in [-0.25, -0.2) is 0 Å². The number of nitrogens with one attached hydrogen (secondary N) is 1. The fourth-order valence-electron chi connectivity index (χ4n) is 3.49. The van der Waals surface area contributed by atoms with Crippen LogP contribution in [0.25, 0.3) is 0 Å². The average molecular weight is 380 g/mol. The zero-order valence-corrected chi connectivity index (χ0v) is 17.1. The van der Waals surface area contributed by atoms with E-state index in [1.807, 2.05) is 39.0 Å². The van der Waals surface area contributed by atoms with Crippen LogP contribution in [0.1, 0.15) is 40.1 Å². The van der Waals surface area contributed by atoms with Crippen molar-refractivity contribution in [1.29, 1.82) is 0 Å². The number of quaternary nitrogens is 1. The Bertz CT molecular complexity index is 880. The highest BCUT2D eigenvalue weighted by atomic mass is 32.1. The second kappa shape index (κ2) is 8.51. The van der Waals surface area contributed by atoms with E-state index in [4.69, 9.17) is 0 Å². The van der Waals surface area contributed by atoms with Gasteiger partial charge >= 0.3 is 0 Å². The number of benzene rings is 2. The van der Waals surface area contributed by atoms with Crippen molar-refractivity contribution in [3.05, 3.63) is 87.1 Å². The molecule has 0 bridgehead atoms. The Morgan fingerprint density at radius 2 is 1.67 bits per heavy atom. The maximum Gasteiger partial charge on any atom is 0.282 e. The summed E-state index contributed by atoms with van der Waals surface area (Å²) in [5.41, 5.74) is 5.56. The molecule has 0 aliphatic heterocycles. The molecule has 1 heterocycles. The first-order valence-electron chi connectivity index (χ1n) is 9.27. The largest absolute Gasteiger partial charge is 0.326 e. The fraction of sp³-hybridized carbons (Fsp3) is 0.261. The molecular formula is C23H27N2OS+. The Balaban J connectivity index is 1.78. The maximum atomic E-state index is 12.9. The number of nitrogens with two attached hydrogens (primary N) is 1. The molecule has 0 fully saturated rings. The van der Waals surface area contributed by atoms with Crippen molar-refractivity contribution < 1.29 is 10.1 Å². The van der Waals surface area contributed by atoms with Gasteiger partial charge in [0.2, 0.25) is 0 Å². The van der Waals surface area contributed by atoms with Crippen molar-refractivity contribution in [2.24, 2.45) is 0 Å². The lowest BCUT2D eigenvalue weighted by molar-refractivity contribution is -0.703. The number of amides is 1. The van der Waals surface area contributed by atoms with E-state index in [0.29, 0.717) is 0 Å². The third kappa shape index (κ3) is 4.65. The van der Waals surface area contributed by atoms with E-state index in [1.54, 1.807) is 11.3 Å². The van der Waals surface area contributed by atoms with Crippen molar-refractivity contribution in [2.45, 2.75) is 39.8 Å². The van der Waals surface area contributed by atoms with E-state index in [0.717, 1.165) is 16.8 Å². The molecule has 0 aliphatic rings. The minimum absolute atomic E-state index is 0.0301. The molecular weight excluding hydrogens is 352 g/mol. The highest BCUT2D eigenvalue weighted by molar-refractivity contribution is 7.10. The third-order valence-corrected chi connectivity index (χ3v) is 5.78. The normalized spacial score (nSPS) is 13.2. The molecule has 0 saturated heterocycles. The summed E-state index contributed by atoms with van der Waals surface area (Å²) in [6, 6.07) is 18.7. The summed E-state index contributed by atoms with van der Waals surface area (Å²) in [7, 11) is 0. The lowest BCUT2D eigenvalue weighted by Gasteiger charge is -2.20. The summed E-state index contributed by atoms with van der Waals surface area (Å²) in [6.45, 7) is 8.13. The first-order valence-corrected chi connectivity index (χ1v) is 10.2. The van der Waals surface area contributed by atoms with E-state index in [1.165, 1.54) is 16.0 Å². The summed E-state index contributed by atoms with van der Waals surface area (Å²) in [5.74, 6) is 0.0301. The molecule has 0 aliphatic carbocycles. The van der Waals surface area contributed by atoms with Crippen LogP contribution in [0.4, 0.5) is 5.69 Å². The van der Waals surface area contributed by atoms with Crippen LogP contribution in [0.5, 0.6) is 0 Å². The van der Waals surface area contributed by atoms with E-state index in [9.17, 15) is 4.79 Å². The molecule has 0 saturated carbocycles. The summed E-state index contributed by atoms with van der Waals surface area (Å²) >= 11 is 1.73. The van der Waals surface area contributed by atoms with Crippen molar-refractivity contribution >= 4 is 22.9 Å². The van der Waals surface area contributed by atoms with E-state index in [2.05, 4.69) is 59.3 Å². The second-order valence-electron chi connectivity index (χ2n) is 7.15. The number of thiophene rings is 1. The lowest BCUT2D eigenvalue weighted by Crippen LogP contribution is -2.92. The van der Waals surface area contributed by atoms with Gasteiger partial charge in [0.1, 0.15) is 6.04 Å². The van der Waals surface area contributed by atoms with Crippen LogP contribution in [0.15, 0.2) is 60.0 Å². The van der Waals surface area contributed by atoms with Gasteiger partial charge in [-0.15, -0.1) is 11.3 Å². The molecule has 27 heavy (non-hydrogen) atoms. The molecule has 140 valence electrons. The minimum atomic E-state index is -0.211. The fourth-order valence-corrected chi connectivity index (χ4v) is 4.32. The second-order valence-corrected chi connectivity index (χ2v) is 8.13. The number of hydrogen-bond acceptors (Lipinski definition) is 2. The highest BCUT2D eigenvalue weighted by Crippen LogP contribution is 2.24. The molecule has 2 aromatic carbocycles. The number of rotatable bonds is 6. The molecule has 2 atom stereocenters. The number of aryl methyl sites for hydroxylation is 3. The molecule has 3 aromatic rings. The molecule has 1 amide bonds. The molecule has 4 heteroatoms. The Morgan fingerprint density at radius 3 is 2.26 bits per heavy atom. The van der Waals surface area contributed by atoms with Crippen molar-refractivity contribution in [3.63, 3.8) is 0 Å². The van der Waals surface area contributed by atoms with Gasteiger partial charge in [-0.2, -0.15) is 0 Å². The zero-order chi connectivity index (χ0) is 19.4. The van der Waals surface area contributed by atoms with Crippen LogP contribution < -0.4 is 10.6 Å². The average Bonchev–Trinajstić information content (AvgIpc) is 3.17. The lowest BCUT2D eigenvalue weighted by atomic mass is 10.0. The molecule has 3 nitrogen and oxygen atoms in total. The standard InChI is InChI=1S/C23H26N2OS/c1-15-13-16(2)21(17(3)14-15)25-23(26)18(4)24-22(20-11-8-12-27-20)19-9-6-5-7-10-19/h5-14,18,22,24H,1-4H3,(H,25,26)/p+1/t18-,22-/m1/s1. The van der Waals surface area contributed by atoms with E-state index in [-0.39, 0.29) is 18.0 Å². The van der Waals surface area contributed by atoms with Gasteiger partial charge in [-0.3, -0.25) is 4.79 Å². The molecule has 3 rings (SSSR count). The highest BCUT2D eigenvalue weighted by Gasteiger charge is 2.26. The Labute approximate surface area is 165 Å². The summed E-state index contributed by atoms with van der Waals surface area (Å²) in [6.07, 6.45) is 0. The topological polar surface area (TPSA) is 45.7 Å². The smallest absolute Gasteiger partial charge is 0.282 e. The molecule has 0 radical (unpaired) electrons. The first kappa shape index (κ1) is 19.3. The number of hydrogen-bond donors (Lipinski definition) is 2. The third-order valence-electron chi connectivity index (χ3n) is 4.83. The van der Waals surface area contributed by atoms with Crippen LogP contribution in [0.3, 0.4) is 0 Å². The summed E-state index contributed by atoms with van der Waals surface area (Å²) in [4.78, 5) is 14.2. The SMILES string of the molecule is Cc1cc(C)c(NC(=O)[C@@H](C)[NH2+][C@H](c2ccccc2)c2cccs2)c(C)c1.